The molecule has 0 radical (unpaired) electrons. The fourth-order valence-corrected chi connectivity index (χ4v) is 1.34. The highest BCUT2D eigenvalue weighted by atomic mass is 79.9. The quantitative estimate of drug-likeness (QED) is 0.612. The van der Waals surface area contributed by atoms with Crippen molar-refractivity contribution in [1.82, 2.24) is 0 Å². The van der Waals surface area contributed by atoms with Gasteiger partial charge in [0.05, 0.1) is 6.61 Å². The summed E-state index contributed by atoms with van der Waals surface area (Å²) in [5.74, 6) is 0.926. The van der Waals surface area contributed by atoms with Gasteiger partial charge in [0, 0.05) is 10.9 Å². The largest absolute Gasteiger partial charge is 0.492 e. The summed E-state index contributed by atoms with van der Waals surface area (Å²) in [4.78, 5) is 11.1. The number of aryl methyl sites for hydroxylation is 1. The average Bonchev–Trinajstić information content (AvgIpc) is 2.15. The van der Waals surface area contributed by atoms with Crippen LogP contribution in [0.5, 0.6) is 5.75 Å². The van der Waals surface area contributed by atoms with Gasteiger partial charge in [-0.3, -0.25) is 4.79 Å². The minimum atomic E-state index is 0.0835. The number of carbonyl (C=O) groups is 1. The first-order valence-corrected chi connectivity index (χ1v) is 5.57. The second-order valence-electron chi connectivity index (χ2n) is 3.07. The van der Waals surface area contributed by atoms with E-state index in [2.05, 4.69) is 15.9 Å². The van der Waals surface area contributed by atoms with Crippen LogP contribution in [0.15, 0.2) is 18.2 Å². The van der Waals surface area contributed by atoms with E-state index in [4.69, 9.17) is 4.74 Å². The number of hydrogen-bond donors (Lipinski definition) is 0. The van der Waals surface area contributed by atoms with Crippen LogP contribution < -0.4 is 4.74 Å². The highest BCUT2D eigenvalue weighted by molar-refractivity contribution is 9.09. The molecule has 0 saturated carbocycles. The van der Waals surface area contributed by atoms with Gasteiger partial charge in [0.15, 0.2) is 5.78 Å². The second kappa shape index (κ2) is 5.15. The molecule has 1 aromatic rings. The zero-order valence-corrected chi connectivity index (χ0v) is 9.93. The highest BCUT2D eigenvalue weighted by Crippen LogP contribution is 2.19. The van der Waals surface area contributed by atoms with Crippen LogP contribution in [0.1, 0.15) is 22.8 Å². The first-order chi connectivity index (χ1) is 6.65. The third-order valence-corrected chi connectivity index (χ3v) is 2.24. The summed E-state index contributed by atoms with van der Waals surface area (Å²) in [6.07, 6.45) is 0. The first-order valence-electron chi connectivity index (χ1n) is 4.45. The van der Waals surface area contributed by atoms with E-state index < -0.39 is 0 Å². The molecular weight excluding hydrogens is 244 g/mol. The van der Waals surface area contributed by atoms with Gasteiger partial charge in [-0.1, -0.05) is 15.9 Å². The predicted molar refractivity (Wildman–Crippen MR) is 60.5 cm³/mol. The number of rotatable bonds is 4. The number of hydrogen-bond acceptors (Lipinski definition) is 2. The Morgan fingerprint density at radius 1 is 1.50 bits per heavy atom. The van der Waals surface area contributed by atoms with Gasteiger partial charge < -0.3 is 4.74 Å². The summed E-state index contributed by atoms with van der Waals surface area (Å²) in [7, 11) is 0. The molecule has 76 valence electrons. The summed E-state index contributed by atoms with van der Waals surface area (Å²) in [5.41, 5.74) is 1.73. The van der Waals surface area contributed by atoms with Crippen LogP contribution in [0, 0.1) is 6.92 Å². The van der Waals surface area contributed by atoms with E-state index in [1.165, 1.54) is 0 Å². The summed E-state index contributed by atoms with van der Waals surface area (Å²) in [5, 5.41) is 0.806. The number of carbonyl (C=O) groups excluding carboxylic acids is 1. The third-order valence-electron chi connectivity index (χ3n) is 1.92. The van der Waals surface area contributed by atoms with E-state index in [1.54, 1.807) is 13.0 Å². The van der Waals surface area contributed by atoms with Crippen LogP contribution >= 0.6 is 15.9 Å². The standard InChI is InChI=1S/C11H13BrO2/c1-8-7-10(9(2)13)3-4-11(8)14-6-5-12/h3-4,7H,5-6H2,1-2H3. The van der Waals surface area contributed by atoms with Gasteiger partial charge in [0.25, 0.3) is 0 Å². The average molecular weight is 257 g/mol. The van der Waals surface area contributed by atoms with Gasteiger partial charge in [0.1, 0.15) is 5.75 Å². The highest BCUT2D eigenvalue weighted by Gasteiger charge is 2.03. The molecule has 0 aromatic heterocycles. The lowest BCUT2D eigenvalue weighted by Crippen LogP contribution is -2.00. The van der Waals surface area contributed by atoms with Crippen LogP contribution in [0.3, 0.4) is 0 Å². The molecule has 0 spiro atoms. The minimum absolute atomic E-state index is 0.0835. The molecule has 0 heterocycles. The maximum atomic E-state index is 11.1. The van der Waals surface area contributed by atoms with Gasteiger partial charge in [0.2, 0.25) is 0 Å². The molecule has 14 heavy (non-hydrogen) atoms. The van der Waals surface area contributed by atoms with Crippen LogP contribution in [0.25, 0.3) is 0 Å². The molecule has 0 unspecified atom stereocenters. The molecule has 0 fully saturated rings. The first kappa shape index (κ1) is 11.2. The molecule has 3 heteroatoms. The lowest BCUT2D eigenvalue weighted by Gasteiger charge is -2.08. The van der Waals surface area contributed by atoms with Crippen LogP contribution in [-0.2, 0) is 0 Å². The van der Waals surface area contributed by atoms with Crippen molar-refractivity contribution >= 4 is 21.7 Å². The molecule has 0 N–H and O–H groups in total. The lowest BCUT2D eigenvalue weighted by atomic mass is 10.1. The molecule has 0 aliphatic rings. The molecule has 0 bridgehead atoms. The van der Waals surface area contributed by atoms with E-state index in [0.29, 0.717) is 6.61 Å². The van der Waals surface area contributed by atoms with Crippen molar-refractivity contribution in [3.8, 4) is 5.75 Å². The van der Waals surface area contributed by atoms with Gasteiger partial charge >= 0.3 is 0 Å². The zero-order valence-electron chi connectivity index (χ0n) is 8.34. The lowest BCUT2D eigenvalue weighted by molar-refractivity contribution is 0.101. The summed E-state index contributed by atoms with van der Waals surface area (Å²) in [6.45, 7) is 4.14. The molecule has 0 atom stereocenters. The normalized spacial score (nSPS) is 9.93. The Labute approximate surface area is 92.4 Å². The number of Topliss-reactive ketones (excluding diaryl/α,β-unsaturated/α-hetero) is 1. The number of ether oxygens (including phenoxy) is 1. The minimum Gasteiger partial charge on any atom is -0.492 e. The summed E-state index contributed by atoms with van der Waals surface area (Å²) >= 11 is 3.29. The number of halogens is 1. The Bertz CT molecular complexity index is 334. The smallest absolute Gasteiger partial charge is 0.159 e. The topological polar surface area (TPSA) is 26.3 Å². The molecule has 0 aliphatic heterocycles. The van der Waals surface area contributed by atoms with Gasteiger partial charge in [-0.15, -0.1) is 0 Å². The predicted octanol–water partition coefficient (Wildman–Crippen LogP) is 2.97. The van der Waals surface area contributed by atoms with E-state index in [-0.39, 0.29) is 5.78 Å². The Hall–Kier alpha value is -0.830. The van der Waals surface area contributed by atoms with E-state index in [9.17, 15) is 4.79 Å². The van der Waals surface area contributed by atoms with Gasteiger partial charge in [-0.05, 0) is 37.6 Å². The van der Waals surface area contributed by atoms with Crippen LogP contribution in [-0.4, -0.2) is 17.7 Å². The zero-order chi connectivity index (χ0) is 10.6. The molecule has 1 rings (SSSR count). The Morgan fingerprint density at radius 2 is 2.21 bits per heavy atom. The van der Waals surface area contributed by atoms with Crippen molar-refractivity contribution in [3.63, 3.8) is 0 Å². The maximum absolute atomic E-state index is 11.1. The van der Waals surface area contributed by atoms with Crippen molar-refractivity contribution in [1.29, 1.82) is 0 Å². The monoisotopic (exact) mass is 256 g/mol. The van der Waals surface area contributed by atoms with Gasteiger partial charge in [-0.25, -0.2) is 0 Å². The van der Waals surface area contributed by atoms with Crippen molar-refractivity contribution in [2.75, 3.05) is 11.9 Å². The Balaban J connectivity index is 2.84. The van der Waals surface area contributed by atoms with Crippen LogP contribution in [0.2, 0.25) is 0 Å². The Morgan fingerprint density at radius 3 is 2.71 bits per heavy atom. The molecular formula is C11H13BrO2. The molecule has 0 amide bonds. The third kappa shape index (κ3) is 2.84. The van der Waals surface area contributed by atoms with E-state index >= 15 is 0 Å². The number of alkyl halides is 1. The maximum Gasteiger partial charge on any atom is 0.159 e. The van der Waals surface area contributed by atoms with E-state index in [0.717, 1.165) is 22.2 Å². The second-order valence-corrected chi connectivity index (χ2v) is 3.87. The van der Waals surface area contributed by atoms with Gasteiger partial charge in [-0.2, -0.15) is 0 Å². The fourth-order valence-electron chi connectivity index (χ4n) is 1.18. The van der Waals surface area contributed by atoms with Crippen molar-refractivity contribution in [2.45, 2.75) is 13.8 Å². The van der Waals surface area contributed by atoms with Crippen molar-refractivity contribution < 1.29 is 9.53 Å². The Kier molecular flexibility index (Phi) is 4.14. The molecule has 0 saturated heterocycles. The summed E-state index contributed by atoms with van der Waals surface area (Å²) in [6, 6.07) is 5.49. The van der Waals surface area contributed by atoms with Crippen LogP contribution in [0.4, 0.5) is 0 Å². The fraction of sp³-hybridized carbons (Fsp3) is 0.364. The molecule has 0 aliphatic carbocycles. The number of ketones is 1. The van der Waals surface area contributed by atoms with Crippen molar-refractivity contribution in [3.05, 3.63) is 29.3 Å². The summed E-state index contributed by atoms with van der Waals surface area (Å²) < 4.78 is 5.46. The SMILES string of the molecule is CC(=O)c1ccc(OCCBr)c(C)c1. The van der Waals surface area contributed by atoms with E-state index in [1.807, 2.05) is 19.1 Å². The molecule has 1 aromatic carbocycles. The van der Waals surface area contributed by atoms with Crippen molar-refractivity contribution in [2.24, 2.45) is 0 Å². The number of benzene rings is 1. The molecule has 2 nitrogen and oxygen atoms in total.